The molecule has 0 radical (unpaired) electrons. The predicted octanol–water partition coefficient (Wildman–Crippen LogP) is 3.34. The molecule has 1 amide bonds. The molecule has 0 aliphatic rings. The molecule has 0 fully saturated rings. The molecular weight excluding hydrogens is 302 g/mol. The second-order valence-corrected chi connectivity index (χ2v) is 5.27. The van der Waals surface area contributed by atoms with E-state index in [2.05, 4.69) is 11.1 Å². The number of nitriles is 1. The first-order valence-corrected chi connectivity index (χ1v) is 7.29. The van der Waals surface area contributed by atoms with Gasteiger partial charge in [-0.15, -0.1) is 0 Å². The summed E-state index contributed by atoms with van der Waals surface area (Å²) >= 11 is 0. The van der Waals surface area contributed by atoms with Crippen molar-refractivity contribution < 1.29 is 9.53 Å². The Morgan fingerprint density at radius 2 is 2.12 bits per heavy atom. The number of methoxy groups -OCH3 is 1. The van der Waals surface area contributed by atoms with E-state index in [-0.39, 0.29) is 0 Å². The number of hydrogen-bond acceptors (Lipinski definition) is 3. The minimum Gasteiger partial charge on any atom is -0.497 e. The number of ether oxygens (including phenoxy) is 1. The minimum atomic E-state index is -0.499. The van der Waals surface area contributed by atoms with Crippen molar-refractivity contribution in [3.8, 4) is 11.8 Å². The average molecular weight is 317 g/mol. The van der Waals surface area contributed by atoms with Crippen molar-refractivity contribution in [2.45, 2.75) is 0 Å². The number of nitrogens with two attached hydrogens (primary N) is 1. The van der Waals surface area contributed by atoms with Crippen molar-refractivity contribution in [3.05, 3.63) is 65.4 Å². The van der Waals surface area contributed by atoms with Gasteiger partial charge in [-0.1, -0.05) is 12.1 Å². The number of amides is 1. The van der Waals surface area contributed by atoms with Gasteiger partial charge < -0.3 is 15.5 Å². The fourth-order valence-electron chi connectivity index (χ4n) is 2.57. The van der Waals surface area contributed by atoms with Gasteiger partial charge in [0.1, 0.15) is 5.75 Å². The Morgan fingerprint density at radius 1 is 1.29 bits per heavy atom. The van der Waals surface area contributed by atoms with Gasteiger partial charge in [0.2, 0.25) is 5.91 Å². The van der Waals surface area contributed by atoms with E-state index in [0.29, 0.717) is 11.1 Å². The molecule has 0 saturated heterocycles. The standard InChI is InChI=1S/C19H15N3O2/c1-24-15-5-6-18-16(9-15)17(11-22-18)14(10-20)8-12-3-2-4-13(7-12)19(21)23/h2-9,11,22H,1H3,(H2,21,23). The molecule has 2 aromatic carbocycles. The van der Waals surface area contributed by atoms with Crippen LogP contribution in [0.3, 0.4) is 0 Å². The summed E-state index contributed by atoms with van der Waals surface area (Å²) < 4.78 is 5.25. The van der Waals surface area contributed by atoms with Crippen LogP contribution in [0.1, 0.15) is 21.5 Å². The van der Waals surface area contributed by atoms with Gasteiger partial charge in [0.15, 0.2) is 0 Å². The van der Waals surface area contributed by atoms with E-state index in [9.17, 15) is 10.1 Å². The van der Waals surface area contributed by atoms with Crippen LogP contribution in [0.4, 0.5) is 0 Å². The fraction of sp³-hybridized carbons (Fsp3) is 0.0526. The van der Waals surface area contributed by atoms with Gasteiger partial charge in [-0.3, -0.25) is 4.79 Å². The van der Waals surface area contributed by atoms with E-state index in [1.54, 1.807) is 37.6 Å². The highest BCUT2D eigenvalue weighted by Gasteiger charge is 2.10. The Hall–Kier alpha value is -3.52. The summed E-state index contributed by atoms with van der Waals surface area (Å²) in [6.07, 6.45) is 3.52. The predicted molar refractivity (Wildman–Crippen MR) is 93.3 cm³/mol. The van der Waals surface area contributed by atoms with E-state index in [4.69, 9.17) is 10.5 Å². The molecule has 0 aliphatic carbocycles. The van der Waals surface area contributed by atoms with Gasteiger partial charge in [0.25, 0.3) is 0 Å². The lowest BCUT2D eigenvalue weighted by Crippen LogP contribution is -2.10. The number of fused-ring (bicyclic) bond motifs is 1. The van der Waals surface area contributed by atoms with Crippen LogP contribution < -0.4 is 10.5 Å². The summed E-state index contributed by atoms with van der Waals surface area (Å²) in [5, 5.41) is 10.5. The fourth-order valence-corrected chi connectivity index (χ4v) is 2.57. The molecule has 0 unspecified atom stereocenters. The lowest BCUT2D eigenvalue weighted by Gasteiger charge is -2.02. The van der Waals surface area contributed by atoms with Gasteiger partial charge in [-0.25, -0.2) is 0 Å². The van der Waals surface area contributed by atoms with Crippen LogP contribution in [-0.2, 0) is 0 Å². The quantitative estimate of drug-likeness (QED) is 0.723. The number of nitrogens with one attached hydrogen (secondary N) is 1. The lowest BCUT2D eigenvalue weighted by molar-refractivity contribution is 0.100. The maximum Gasteiger partial charge on any atom is 0.248 e. The number of carbonyl (C=O) groups is 1. The topological polar surface area (TPSA) is 91.9 Å². The van der Waals surface area contributed by atoms with Crippen LogP contribution in [-0.4, -0.2) is 18.0 Å². The third kappa shape index (κ3) is 2.85. The molecule has 0 saturated carbocycles. The zero-order chi connectivity index (χ0) is 17.1. The SMILES string of the molecule is COc1ccc2[nH]cc(C(C#N)=Cc3cccc(C(N)=O)c3)c2c1. The molecule has 3 N–H and O–H groups in total. The van der Waals surface area contributed by atoms with Gasteiger partial charge in [-0.05, 0) is 42.0 Å². The van der Waals surface area contributed by atoms with Crippen LogP contribution in [0.15, 0.2) is 48.7 Å². The highest BCUT2D eigenvalue weighted by atomic mass is 16.5. The number of aromatic amines is 1. The zero-order valence-electron chi connectivity index (χ0n) is 13.0. The van der Waals surface area contributed by atoms with Gasteiger partial charge >= 0.3 is 0 Å². The largest absolute Gasteiger partial charge is 0.497 e. The number of benzene rings is 2. The van der Waals surface area contributed by atoms with Crippen LogP contribution in [0.25, 0.3) is 22.6 Å². The van der Waals surface area contributed by atoms with E-state index in [1.807, 2.05) is 24.3 Å². The van der Waals surface area contributed by atoms with E-state index in [1.165, 1.54) is 0 Å². The third-order valence-corrected chi connectivity index (χ3v) is 3.78. The van der Waals surface area contributed by atoms with Crippen LogP contribution in [0.5, 0.6) is 5.75 Å². The minimum absolute atomic E-state index is 0.404. The molecule has 5 nitrogen and oxygen atoms in total. The molecule has 5 heteroatoms. The molecule has 118 valence electrons. The smallest absolute Gasteiger partial charge is 0.248 e. The molecule has 1 aromatic heterocycles. The summed E-state index contributed by atoms with van der Waals surface area (Å²) in [5.41, 5.74) is 8.62. The van der Waals surface area contributed by atoms with Gasteiger partial charge in [-0.2, -0.15) is 5.26 Å². The molecule has 0 atom stereocenters. The summed E-state index contributed by atoms with van der Waals surface area (Å²) in [7, 11) is 1.60. The van der Waals surface area contributed by atoms with Crippen molar-refractivity contribution in [2.75, 3.05) is 7.11 Å². The Balaban J connectivity index is 2.11. The zero-order valence-corrected chi connectivity index (χ0v) is 13.0. The summed E-state index contributed by atoms with van der Waals surface area (Å²) in [4.78, 5) is 14.4. The number of allylic oxidation sites excluding steroid dienone is 1. The van der Waals surface area contributed by atoms with Crippen LogP contribution >= 0.6 is 0 Å². The molecule has 0 aliphatic heterocycles. The molecule has 3 aromatic rings. The van der Waals surface area contributed by atoms with Gasteiger partial charge in [0.05, 0.1) is 18.8 Å². The van der Waals surface area contributed by atoms with Crippen molar-refractivity contribution in [1.29, 1.82) is 5.26 Å². The maximum absolute atomic E-state index is 11.3. The monoisotopic (exact) mass is 317 g/mol. The molecule has 1 heterocycles. The molecule has 0 spiro atoms. The number of rotatable bonds is 4. The van der Waals surface area contributed by atoms with E-state index in [0.717, 1.165) is 27.8 Å². The second-order valence-electron chi connectivity index (χ2n) is 5.27. The molecule has 24 heavy (non-hydrogen) atoms. The first-order valence-electron chi connectivity index (χ1n) is 7.29. The number of carbonyl (C=O) groups excluding carboxylic acids is 1. The van der Waals surface area contributed by atoms with Crippen molar-refractivity contribution in [2.24, 2.45) is 5.73 Å². The first kappa shape index (κ1) is 15.4. The van der Waals surface area contributed by atoms with Crippen molar-refractivity contribution >= 4 is 28.5 Å². The molecule has 0 bridgehead atoms. The summed E-state index contributed by atoms with van der Waals surface area (Å²) in [5.74, 6) is 0.219. The average Bonchev–Trinajstić information content (AvgIpc) is 3.02. The maximum atomic E-state index is 11.3. The van der Waals surface area contributed by atoms with Crippen LogP contribution in [0, 0.1) is 11.3 Å². The third-order valence-electron chi connectivity index (χ3n) is 3.78. The molecular formula is C19H15N3O2. The van der Waals surface area contributed by atoms with Crippen LogP contribution in [0.2, 0.25) is 0 Å². The normalized spacial score (nSPS) is 11.2. The van der Waals surface area contributed by atoms with E-state index < -0.39 is 5.91 Å². The Kier molecular flexibility index (Phi) is 4.04. The Morgan fingerprint density at radius 3 is 2.83 bits per heavy atom. The number of aromatic nitrogens is 1. The number of hydrogen-bond donors (Lipinski definition) is 2. The second kappa shape index (κ2) is 6.31. The number of H-pyrrole nitrogens is 1. The Labute approximate surface area is 139 Å². The van der Waals surface area contributed by atoms with Crippen molar-refractivity contribution in [1.82, 2.24) is 4.98 Å². The Bertz CT molecular complexity index is 993. The first-order chi connectivity index (χ1) is 11.6. The number of nitrogens with zero attached hydrogens (tertiary/aromatic N) is 1. The van der Waals surface area contributed by atoms with Gasteiger partial charge in [0, 0.05) is 28.2 Å². The highest BCUT2D eigenvalue weighted by molar-refractivity contribution is 6.02. The highest BCUT2D eigenvalue weighted by Crippen LogP contribution is 2.29. The van der Waals surface area contributed by atoms with Crippen molar-refractivity contribution in [3.63, 3.8) is 0 Å². The summed E-state index contributed by atoms with van der Waals surface area (Å²) in [6.45, 7) is 0. The number of primary amides is 1. The summed E-state index contributed by atoms with van der Waals surface area (Å²) in [6, 6.07) is 14.7. The molecule has 3 rings (SSSR count). The lowest BCUT2D eigenvalue weighted by atomic mass is 10.0. The van der Waals surface area contributed by atoms with E-state index >= 15 is 0 Å².